The molecular weight excluding hydrogens is 260 g/mol. The molecule has 1 amide bonds. The lowest BCUT2D eigenvalue weighted by atomic mass is 10.2. The van der Waals surface area contributed by atoms with Crippen LogP contribution in [-0.4, -0.2) is 31.4 Å². The molecule has 0 saturated carbocycles. The van der Waals surface area contributed by atoms with Crippen LogP contribution < -0.4 is 11.1 Å². The van der Waals surface area contributed by atoms with Crippen molar-refractivity contribution in [2.75, 3.05) is 31.7 Å². The standard InChI is InChI=1S/C13H20N4OS/c1-4-5-6-7-16-12-9(8-14)10(15)11(19-12)13(18)17(2)3/h16H,4-7,15H2,1-3H3. The van der Waals surface area contributed by atoms with Gasteiger partial charge in [-0.25, -0.2) is 0 Å². The number of unbranched alkanes of at least 4 members (excludes halogenated alkanes) is 2. The second kappa shape index (κ2) is 7.00. The minimum Gasteiger partial charge on any atom is -0.396 e. The van der Waals surface area contributed by atoms with Crippen LogP contribution in [0.25, 0.3) is 0 Å². The van der Waals surface area contributed by atoms with E-state index < -0.39 is 0 Å². The number of nitrogen functional groups attached to an aromatic ring is 1. The van der Waals surface area contributed by atoms with Crippen LogP contribution in [0.15, 0.2) is 0 Å². The van der Waals surface area contributed by atoms with Crippen molar-refractivity contribution in [2.45, 2.75) is 26.2 Å². The quantitative estimate of drug-likeness (QED) is 0.784. The van der Waals surface area contributed by atoms with E-state index in [0.717, 1.165) is 25.8 Å². The monoisotopic (exact) mass is 280 g/mol. The number of anilines is 2. The van der Waals surface area contributed by atoms with Crippen molar-refractivity contribution in [1.82, 2.24) is 4.90 Å². The molecule has 0 unspecified atom stereocenters. The van der Waals surface area contributed by atoms with Gasteiger partial charge in [-0.1, -0.05) is 19.8 Å². The number of carbonyl (C=O) groups is 1. The molecule has 0 atom stereocenters. The Bertz CT molecular complexity index is 488. The number of nitrogens with zero attached hydrogens (tertiary/aromatic N) is 2. The third kappa shape index (κ3) is 3.61. The van der Waals surface area contributed by atoms with Crippen LogP contribution in [0.4, 0.5) is 10.7 Å². The van der Waals surface area contributed by atoms with Gasteiger partial charge in [-0.2, -0.15) is 5.26 Å². The Hall–Kier alpha value is -1.74. The summed E-state index contributed by atoms with van der Waals surface area (Å²) in [6.45, 7) is 2.93. The Morgan fingerprint density at radius 3 is 2.68 bits per heavy atom. The number of amides is 1. The van der Waals surface area contributed by atoms with Gasteiger partial charge >= 0.3 is 0 Å². The van der Waals surface area contributed by atoms with Crippen LogP contribution in [0.3, 0.4) is 0 Å². The Labute approximate surface area is 118 Å². The van der Waals surface area contributed by atoms with E-state index in [9.17, 15) is 4.79 Å². The van der Waals surface area contributed by atoms with Gasteiger partial charge in [0.25, 0.3) is 5.91 Å². The fourth-order valence-electron chi connectivity index (χ4n) is 1.62. The predicted molar refractivity (Wildman–Crippen MR) is 79.5 cm³/mol. The van der Waals surface area contributed by atoms with Crippen LogP contribution in [0.1, 0.15) is 41.4 Å². The third-order valence-electron chi connectivity index (χ3n) is 2.72. The van der Waals surface area contributed by atoms with Crippen LogP contribution in [-0.2, 0) is 0 Å². The summed E-state index contributed by atoms with van der Waals surface area (Å²) in [5.74, 6) is -0.166. The highest BCUT2D eigenvalue weighted by molar-refractivity contribution is 7.18. The Morgan fingerprint density at radius 2 is 2.16 bits per heavy atom. The molecule has 1 rings (SSSR count). The van der Waals surface area contributed by atoms with Gasteiger partial charge in [0.15, 0.2) is 0 Å². The first-order valence-electron chi connectivity index (χ1n) is 6.30. The summed E-state index contributed by atoms with van der Waals surface area (Å²) in [7, 11) is 3.34. The van der Waals surface area contributed by atoms with Crippen LogP contribution in [0, 0.1) is 11.3 Å². The van der Waals surface area contributed by atoms with Gasteiger partial charge in [0.05, 0.1) is 5.69 Å². The first-order valence-corrected chi connectivity index (χ1v) is 7.12. The summed E-state index contributed by atoms with van der Waals surface area (Å²) in [5.41, 5.74) is 6.55. The Kier molecular flexibility index (Phi) is 5.64. The second-order valence-electron chi connectivity index (χ2n) is 4.49. The summed E-state index contributed by atoms with van der Waals surface area (Å²) < 4.78 is 0. The molecule has 1 aromatic heterocycles. The van der Waals surface area contributed by atoms with Gasteiger partial charge in [-0.3, -0.25) is 4.79 Å². The van der Waals surface area contributed by atoms with E-state index in [1.165, 1.54) is 16.2 Å². The highest BCUT2D eigenvalue weighted by Crippen LogP contribution is 2.35. The van der Waals surface area contributed by atoms with E-state index in [1.807, 2.05) is 0 Å². The highest BCUT2D eigenvalue weighted by Gasteiger charge is 2.21. The predicted octanol–water partition coefficient (Wildman–Crippen LogP) is 2.51. The van der Waals surface area contributed by atoms with Crippen molar-refractivity contribution in [3.63, 3.8) is 0 Å². The largest absolute Gasteiger partial charge is 0.396 e. The average Bonchev–Trinajstić information content (AvgIpc) is 2.70. The molecule has 3 N–H and O–H groups in total. The zero-order chi connectivity index (χ0) is 14.4. The van der Waals surface area contributed by atoms with Crippen molar-refractivity contribution in [2.24, 2.45) is 0 Å². The normalized spacial score (nSPS) is 10.0. The van der Waals surface area contributed by atoms with E-state index >= 15 is 0 Å². The summed E-state index contributed by atoms with van der Waals surface area (Å²) in [5, 5.41) is 13.0. The van der Waals surface area contributed by atoms with Gasteiger partial charge < -0.3 is 16.0 Å². The molecule has 1 aromatic rings. The molecule has 5 nitrogen and oxygen atoms in total. The summed E-state index contributed by atoms with van der Waals surface area (Å²) in [4.78, 5) is 13.8. The Balaban J connectivity index is 2.90. The molecule has 0 aliphatic carbocycles. The number of hydrogen-bond donors (Lipinski definition) is 2. The maximum Gasteiger partial charge on any atom is 0.265 e. The lowest BCUT2D eigenvalue weighted by Gasteiger charge is -2.08. The molecule has 1 heterocycles. The van der Waals surface area contributed by atoms with Crippen molar-refractivity contribution >= 4 is 27.9 Å². The molecular formula is C13H20N4OS. The van der Waals surface area contributed by atoms with Crippen LogP contribution in [0.2, 0.25) is 0 Å². The summed E-state index contributed by atoms with van der Waals surface area (Å²) >= 11 is 1.26. The molecule has 0 fully saturated rings. The molecule has 0 aliphatic heterocycles. The number of nitriles is 1. The Morgan fingerprint density at radius 1 is 1.47 bits per heavy atom. The molecule has 6 heteroatoms. The fraction of sp³-hybridized carbons (Fsp3) is 0.538. The third-order valence-corrected chi connectivity index (χ3v) is 3.87. The zero-order valence-electron chi connectivity index (χ0n) is 11.6. The molecule has 0 aromatic carbocycles. The van der Waals surface area contributed by atoms with Gasteiger partial charge in [-0.05, 0) is 6.42 Å². The number of nitrogens with two attached hydrogens (primary N) is 1. The number of nitrogens with one attached hydrogen (secondary N) is 1. The van der Waals surface area contributed by atoms with Crippen molar-refractivity contribution in [3.8, 4) is 6.07 Å². The van der Waals surface area contributed by atoms with E-state index in [0.29, 0.717) is 15.4 Å². The van der Waals surface area contributed by atoms with Crippen LogP contribution in [0.5, 0.6) is 0 Å². The number of carbonyl (C=O) groups excluding carboxylic acids is 1. The van der Waals surface area contributed by atoms with Gasteiger partial charge in [0.1, 0.15) is 21.5 Å². The smallest absolute Gasteiger partial charge is 0.265 e. The first-order chi connectivity index (χ1) is 9.02. The van der Waals surface area contributed by atoms with E-state index in [4.69, 9.17) is 11.0 Å². The topological polar surface area (TPSA) is 82.2 Å². The van der Waals surface area contributed by atoms with E-state index in [1.54, 1.807) is 14.1 Å². The SMILES string of the molecule is CCCCCNc1sc(C(=O)N(C)C)c(N)c1C#N. The zero-order valence-corrected chi connectivity index (χ0v) is 12.4. The van der Waals surface area contributed by atoms with E-state index in [-0.39, 0.29) is 11.6 Å². The molecule has 0 bridgehead atoms. The summed E-state index contributed by atoms with van der Waals surface area (Å²) in [6.07, 6.45) is 3.32. The molecule has 0 aliphatic rings. The van der Waals surface area contributed by atoms with Crippen LogP contribution >= 0.6 is 11.3 Å². The van der Waals surface area contributed by atoms with Gasteiger partial charge in [-0.15, -0.1) is 11.3 Å². The molecule has 19 heavy (non-hydrogen) atoms. The van der Waals surface area contributed by atoms with Crippen molar-refractivity contribution in [3.05, 3.63) is 10.4 Å². The minimum absolute atomic E-state index is 0.166. The lowest BCUT2D eigenvalue weighted by molar-refractivity contribution is 0.0833. The maximum absolute atomic E-state index is 11.9. The lowest BCUT2D eigenvalue weighted by Crippen LogP contribution is -2.21. The fourth-order valence-corrected chi connectivity index (χ4v) is 2.74. The highest BCUT2D eigenvalue weighted by atomic mass is 32.1. The number of thiophene rings is 1. The van der Waals surface area contributed by atoms with E-state index in [2.05, 4.69) is 18.3 Å². The maximum atomic E-state index is 11.9. The molecule has 104 valence electrons. The van der Waals surface area contributed by atoms with Gasteiger partial charge in [0.2, 0.25) is 0 Å². The minimum atomic E-state index is -0.166. The first kappa shape index (κ1) is 15.3. The van der Waals surface area contributed by atoms with Crippen molar-refractivity contribution in [1.29, 1.82) is 5.26 Å². The second-order valence-corrected chi connectivity index (χ2v) is 5.51. The molecule has 0 saturated heterocycles. The average molecular weight is 280 g/mol. The van der Waals surface area contributed by atoms with Crippen molar-refractivity contribution < 1.29 is 4.79 Å². The number of rotatable bonds is 6. The summed E-state index contributed by atoms with van der Waals surface area (Å²) in [6, 6.07) is 2.07. The molecule has 0 radical (unpaired) electrons. The molecule has 0 spiro atoms. The van der Waals surface area contributed by atoms with Gasteiger partial charge in [0, 0.05) is 20.6 Å². The number of hydrogen-bond acceptors (Lipinski definition) is 5.